The molecule has 0 saturated heterocycles. The molecule has 3 rings (SSSR count). The Kier molecular flexibility index (Phi) is 15.1. The highest BCUT2D eigenvalue weighted by Gasteiger charge is 2.18. The topological polar surface area (TPSA) is 35.5 Å². The fraction of sp³-hybridized carbons (Fsp3) is 0.788. The normalized spacial score (nSPS) is 21.2. The van der Waals surface area contributed by atoms with E-state index in [2.05, 4.69) is 0 Å². The van der Waals surface area contributed by atoms with Crippen molar-refractivity contribution in [1.29, 1.82) is 0 Å². The standard InChI is InChI=1S/C33H54O3/c34-33(36-28-30-23-17-13-9-5-2-6-10-14-18-24-30)31-25-19-20-26-32(31)35-27-29-21-15-11-7-3-1-4-8-12-16-22-29/h19-20,25-26,29-30H,1-18,21-24,27-28H2. The van der Waals surface area contributed by atoms with Crippen molar-refractivity contribution in [3.05, 3.63) is 29.8 Å². The Labute approximate surface area is 222 Å². The van der Waals surface area contributed by atoms with Gasteiger partial charge in [-0.2, -0.15) is 0 Å². The van der Waals surface area contributed by atoms with E-state index in [1.165, 1.54) is 141 Å². The van der Waals surface area contributed by atoms with Crippen LogP contribution in [0.2, 0.25) is 0 Å². The third-order valence-corrected chi connectivity index (χ3v) is 8.48. The molecule has 2 aliphatic rings. The average Bonchev–Trinajstić information content (AvgIpc) is 2.88. The molecule has 0 bridgehead atoms. The molecule has 0 amide bonds. The van der Waals surface area contributed by atoms with Crippen molar-refractivity contribution in [1.82, 2.24) is 0 Å². The molecule has 0 unspecified atom stereocenters. The predicted octanol–water partition coefficient (Wildman–Crippen LogP) is 10.1. The van der Waals surface area contributed by atoms with E-state index in [1.807, 2.05) is 24.3 Å². The Bertz CT molecular complexity index is 676. The van der Waals surface area contributed by atoms with Crippen molar-refractivity contribution in [2.75, 3.05) is 13.2 Å². The Morgan fingerprint density at radius 3 is 1.42 bits per heavy atom. The Morgan fingerprint density at radius 1 is 0.556 bits per heavy atom. The second kappa shape index (κ2) is 18.7. The van der Waals surface area contributed by atoms with Crippen LogP contribution in [0.5, 0.6) is 5.75 Å². The van der Waals surface area contributed by atoms with Gasteiger partial charge in [0.2, 0.25) is 0 Å². The molecule has 2 saturated carbocycles. The van der Waals surface area contributed by atoms with E-state index >= 15 is 0 Å². The van der Waals surface area contributed by atoms with Gasteiger partial charge in [0.05, 0.1) is 13.2 Å². The summed E-state index contributed by atoms with van der Waals surface area (Å²) in [6.45, 7) is 1.27. The van der Waals surface area contributed by atoms with Gasteiger partial charge in [0.1, 0.15) is 11.3 Å². The minimum Gasteiger partial charge on any atom is -0.492 e. The van der Waals surface area contributed by atoms with E-state index in [1.54, 1.807) is 0 Å². The number of benzene rings is 1. The molecule has 0 aromatic heterocycles. The van der Waals surface area contributed by atoms with Crippen molar-refractivity contribution in [2.24, 2.45) is 11.8 Å². The number of hydrogen-bond acceptors (Lipinski definition) is 3. The number of hydrogen-bond donors (Lipinski definition) is 0. The van der Waals surface area contributed by atoms with Gasteiger partial charge in [-0.1, -0.05) is 128 Å². The predicted molar refractivity (Wildman–Crippen MR) is 151 cm³/mol. The number of ether oxygens (including phenoxy) is 2. The molecule has 204 valence electrons. The third kappa shape index (κ3) is 12.2. The molecule has 0 heterocycles. The highest BCUT2D eigenvalue weighted by molar-refractivity contribution is 5.92. The maximum Gasteiger partial charge on any atom is 0.341 e. The lowest BCUT2D eigenvalue weighted by atomic mass is 9.93. The molecule has 0 N–H and O–H groups in total. The summed E-state index contributed by atoms with van der Waals surface area (Å²) in [4.78, 5) is 13.1. The van der Waals surface area contributed by atoms with Crippen LogP contribution in [0.4, 0.5) is 0 Å². The molecule has 0 spiro atoms. The lowest BCUT2D eigenvalue weighted by Gasteiger charge is -2.20. The van der Waals surface area contributed by atoms with Gasteiger partial charge in [-0.25, -0.2) is 4.79 Å². The molecule has 0 atom stereocenters. The van der Waals surface area contributed by atoms with Gasteiger partial charge >= 0.3 is 5.97 Å². The van der Waals surface area contributed by atoms with Crippen LogP contribution < -0.4 is 4.74 Å². The Balaban J connectivity index is 1.49. The van der Waals surface area contributed by atoms with Crippen LogP contribution in [0, 0.1) is 11.8 Å². The van der Waals surface area contributed by atoms with Crippen molar-refractivity contribution in [2.45, 2.75) is 141 Å². The number of rotatable bonds is 6. The number of esters is 1. The number of carbonyl (C=O) groups excluding carboxylic acids is 1. The molecule has 3 nitrogen and oxygen atoms in total. The summed E-state index contributed by atoms with van der Waals surface area (Å²) in [7, 11) is 0. The summed E-state index contributed by atoms with van der Waals surface area (Å²) in [5.41, 5.74) is 0.596. The molecular formula is C33H54O3. The van der Waals surface area contributed by atoms with Crippen LogP contribution in [0.25, 0.3) is 0 Å². The second-order valence-electron chi connectivity index (χ2n) is 11.7. The first-order valence-corrected chi connectivity index (χ1v) is 15.7. The van der Waals surface area contributed by atoms with Crippen molar-refractivity contribution in [3.8, 4) is 5.75 Å². The molecule has 0 aliphatic heterocycles. The summed E-state index contributed by atoms with van der Waals surface area (Å²) in [5, 5.41) is 0. The van der Waals surface area contributed by atoms with Gasteiger partial charge in [-0.15, -0.1) is 0 Å². The minimum atomic E-state index is -0.213. The molecule has 2 fully saturated rings. The van der Waals surface area contributed by atoms with Crippen LogP contribution in [-0.4, -0.2) is 19.2 Å². The van der Waals surface area contributed by atoms with Gasteiger partial charge in [0, 0.05) is 0 Å². The summed E-state index contributed by atoms with van der Waals surface area (Å²) < 4.78 is 12.2. The summed E-state index contributed by atoms with van der Waals surface area (Å²) >= 11 is 0. The zero-order valence-electron chi connectivity index (χ0n) is 23.2. The quantitative estimate of drug-likeness (QED) is 0.366. The Hall–Kier alpha value is -1.51. The van der Waals surface area contributed by atoms with Crippen molar-refractivity contribution >= 4 is 5.97 Å². The smallest absolute Gasteiger partial charge is 0.341 e. The fourth-order valence-electron chi connectivity index (χ4n) is 6.07. The van der Waals surface area contributed by atoms with Gasteiger partial charge in [-0.05, 0) is 49.7 Å². The van der Waals surface area contributed by atoms with Crippen LogP contribution in [-0.2, 0) is 4.74 Å². The molecule has 1 aromatic carbocycles. The first-order chi connectivity index (χ1) is 17.8. The maximum absolute atomic E-state index is 13.1. The monoisotopic (exact) mass is 498 g/mol. The number of carbonyl (C=O) groups is 1. The SMILES string of the molecule is O=C(OCC1CCCCCCCCCCC1)c1ccccc1OCC1CCCCCCCCCCC1. The summed E-state index contributed by atoms with van der Waals surface area (Å²) in [5.74, 6) is 1.57. The van der Waals surface area contributed by atoms with Crippen LogP contribution in [0.15, 0.2) is 24.3 Å². The van der Waals surface area contributed by atoms with Crippen molar-refractivity contribution in [3.63, 3.8) is 0 Å². The lowest BCUT2D eigenvalue weighted by molar-refractivity contribution is 0.0416. The molecular weight excluding hydrogens is 444 g/mol. The average molecular weight is 499 g/mol. The highest BCUT2D eigenvalue weighted by Crippen LogP contribution is 2.26. The van der Waals surface area contributed by atoms with Gasteiger partial charge < -0.3 is 9.47 Å². The lowest BCUT2D eigenvalue weighted by Crippen LogP contribution is -2.17. The fourth-order valence-corrected chi connectivity index (χ4v) is 6.07. The minimum absolute atomic E-state index is 0.213. The van der Waals surface area contributed by atoms with E-state index in [-0.39, 0.29) is 5.97 Å². The summed E-state index contributed by atoms with van der Waals surface area (Å²) in [6, 6.07) is 7.72. The largest absolute Gasteiger partial charge is 0.492 e. The second-order valence-corrected chi connectivity index (χ2v) is 11.7. The zero-order valence-corrected chi connectivity index (χ0v) is 23.2. The highest BCUT2D eigenvalue weighted by atomic mass is 16.5. The van der Waals surface area contributed by atoms with E-state index in [9.17, 15) is 4.79 Å². The maximum atomic E-state index is 13.1. The van der Waals surface area contributed by atoms with E-state index in [0.29, 0.717) is 36.4 Å². The molecule has 0 radical (unpaired) electrons. The first kappa shape index (κ1) is 29.1. The van der Waals surface area contributed by atoms with Crippen LogP contribution >= 0.6 is 0 Å². The Morgan fingerprint density at radius 2 is 0.944 bits per heavy atom. The zero-order chi connectivity index (χ0) is 25.1. The molecule has 36 heavy (non-hydrogen) atoms. The van der Waals surface area contributed by atoms with Gasteiger partial charge in [-0.3, -0.25) is 0 Å². The third-order valence-electron chi connectivity index (χ3n) is 8.48. The van der Waals surface area contributed by atoms with E-state index in [4.69, 9.17) is 9.47 Å². The molecule has 3 heteroatoms. The summed E-state index contributed by atoms with van der Waals surface area (Å²) in [6.07, 6.45) is 29.2. The van der Waals surface area contributed by atoms with Gasteiger partial charge in [0.25, 0.3) is 0 Å². The molecule has 1 aromatic rings. The van der Waals surface area contributed by atoms with Gasteiger partial charge in [0.15, 0.2) is 0 Å². The van der Waals surface area contributed by atoms with E-state index in [0.717, 1.165) is 0 Å². The first-order valence-electron chi connectivity index (χ1n) is 15.7. The van der Waals surface area contributed by atoms with Crippen molar-refractivity contribution < 1.29 is 14.3 Å². The van der Waals surface area contributed by atoms with E-state index < -0.39 is 0 Å². The number of para-hydroxylation sites is 1. The molecule has 2 aliphatic carbocycles. The van der Waals surface area contributed by atoms with Crippen LogP contribution in [0.1, 0.15) is 152 Å². The van der Waals surface area contributed by atoms with Crippen LogP contribution in [0.3, 0.4) is 0 Å².